The molecule has 0 aliphatic carbocycles. The van der Waals surface area contributed by atoms with Gasteiger partial charge in [0.15, 0.2) is 0 Å². The van der Waals surface area contributed by atoms with E-state index in [0.29, 0.717) is 0 Å². The number of hydrogen-bond acceptors (Lipinski definition) is 2. The summed E-state index contributed by atoms with van der Waals surface area (Å²) in [6.45, 7) is 0. The number of anilines is 1. The van der Waals surface area contributed by atoms with Gasteiger partial charge >= 0.3 is 0 Å². The highest BCUT2D eigenvalue weighted by molar-refractivity contribution is 14.1. The molecule has 2 rings (SSSR count). The Morgan fingerprint density at radius 1 is 1.23 bits per heavy atom. The number of nitrogens with zero attached hydrogens (tertiary/aromatic N) is 1. The van der Waals surface area contributed by atoms with E-state index in [9.17, 15) is 0 Å². The maximum absolute atomic E-state index is 4.42. The van der Waals surface area contributed by atoms with Crippen LogP contribution in [0.5, 0.6) is 0 Å². The molecule has 0 unspecified atom stereocenters. The van der Waals surface area contributed by atoms with Crippen molar-refractivity contribution in [2.24, 2.45) is 0 Å². The Morgan fingerprint density at radius 3 is 2.85 bits per heavy atom. The summed E-state index contributed by atoms with van der Waals surface area (Å²) in [5.74, 6) is 0.911. The fraction of sp³-hybridized carbons (Fsp3) is 0.100. The zero-order valence-corrected chi connectivity index (χ0v) is 9.37. The maximum atomic E-state index is 4.42. The first-order chi connectivity index (χ1) is 6.29. The van der Waals surface area contributed by atoms with Crippen LogP contribution in [-0.2, 0) is 0 Å². The Kier molecular flexibility index (Phi) is 2.35. The Labute approximate surface area is 90.5 Å². The molecule has 1 aromatic heterocycles. The van der Waals surface area contributed by atoms with Crippen LogP contribution in [-0.4, -0.2) is 12.0 Å². The van der Waals surface area contributed by atoms with Gasteiger partial charge in [0.05, 0.1) is 5.52 Å². The number of aromatic nitrogens is 1. The summed E-state index contributed by atoms with van der Waals surface area (Å²) in [7, 11) is 1.88. The van der Waals surface area contributed by atoms with Crippen molar-refractivity contribution in [1.29, 1.82) is 0 Å². The highest BCUT2D eigenvalue weighted by atomic mass is 127. The minimum Gasteiger partial charge on any atom is -0.373 e. The van der Waals surface area contributed by atoms with Crippen LogP contribution in [0.4, 0.5) is 5.82 Å². The Hall–Kier alpha value is -0.840. The van der Waals surface area contributed by atoms with Gasteiger partial charge in [0.1, 0.15) is 5.82 Å². The van der Waals surface area contributed by atoms with Gasteiger partial charge < -0.3 is 5.32 Å². The van der Waals surface area contributed by atoms with Gasteiger partial charge in [-0.25, -0.2) is 4.98 Å². The number of halogens is 1. The molecule has 1 aromatic carbocycles. The van der Waals surface area contributed by atoms with Crippen LogP contribution in [0.2, 0.25) is 0 Å². The third kappa shape index (κ3) is 1.75. The van der Waals surface area contributed by atoms with Crippen molar-refractivity contribution < 1.29 is 0 Å². The largest absolute Gasteiger partial charge is 0.373 e. The SMILES string of the molecule is CNc1ccc2cc(I)ccc2n1. The first kappa shape index (κ1) is 8.74. The number of pyridine rings is 1. The molecule has 0 spiro atoms. The molecule has 0 radical (unpaired) electrons. The molecule has 1 N–H and O–H groups in total. The van der Waals surface area contributed by atoms with Gasteiger partial charge in [-0.2, -0.15) is 0 Å². The quantitative estimate of drug-likeness (QED) is 0.814. The second kappa shape index (κ2) is 3.49. The first-order valence-electron chi connectivity index (χ1n) is 4.03. The number of fused-ring (bicyclic) bond motifs is 1. The van der Waals surface area contributed by atoms with Crippen molar-refractivity contribution >= 4 is 39.3 Å². The molecule has 13 heavy (non-hydrogen) atoms. The van der Waals surface area contributed by atoms with Gasteiger partial charge in [0, 0.05) is 16.0 Å². The second-order valence-electron chi connectivity index (χ2n) is 2.78. The molecule has 0 aliphatic rings. The predicted molar refractivity (Wildman–Crippen MR) is 64.0 cm³/mol. The van der Waals surface area contributed by atoms with Crippen LogP contribution in [0.3, 0.4) is 0 Å². The highest BCUT2D eigenvalue weighted by Gasteiger charge is 1.96. The van der Waals surface area contributed by atoms with E-state index in [1.165, 1.54) is 8.96 Å². The van der Waals surface area contributed by atoms with Crippen molar-refractivity contribution in [3.8, 4) is 0 Å². The van der Waals surface area contributed by atoms with Crippen molar-refractivity contribution in [3.05, 3.63) is 33.9 Å². The Bertz CT molecular complexity index is 440. The minimum absolute atomic E-state index is 0.911. The van der Waals surface area contributed by atoms with Crippen molar-refractivity contribution in [1.82, 2.24) is 4.98 Å². The zero-order chi connectivity index (χ0) is 9.26. The lowest BCUT2D eigenvalue weighted by atomic mass is 10.2. The molecule has 0 saturated heterocycles. The third-order valence-corrected chi connectivity index (χ3v) is 2.58. The van der Waals surface area contributed by atoms with Crippen LogP contribution in [0, 0.1) is 3.57 Å². The lowest BCUT2D eigenvalue weighted by molar-refractivity contribution is 1.34. The Morgan fingerprint density at radius 2 is 2.08 bits per heavy atom. The van der Waals surface area contributed by atoms with E-state index >= 15 is 0 Å². The van der Waals surface area contributed by atoms with E-state index in [1.807, 2.05) is 19.2 Å². The average molecular weight is 284 g/mol. The monoisotopic (exact) mass is 284 g/mol. The van der Waals surface area contributed by atoms with E-state index in [2.05, 4.69) is 51.1 Å². The van der Waals surface area contributed by atoms with Crippen molar-refractivity contribution in [2.75, 3.05) is 12.4 Å². The zero-order valence-electron chi connectivity index (χ0n) is 7.21. The van der Waals surface area contributed by atoms with Crippen molar-refractivity contribution in [3.63, 3.8) is 0 Å². The van der Waals surface area contributed by atoms with Gasteiger partial charge in [0.2, 0.25) is 0 Å². The summed E-state index contributed by atoms with van der Waals surface area (Å²) in [6.07, 6.45) is 0. The van der Waals surface area contributed by atoms with Crippen LogP contribution in [0.25, 0.3) is 10.9 Å². The molecule has 0 saturated carbocycles. The molecule has 2 nitrogen and oxygen atoms in total. The van der Waals surface area contributed by atoms with E-state index < -0.39 is 0 Å². The number of rotatable bonds is 1. The lowest BCUT2D eigenvalue weighted by Crippen LogP contribution is -1.91. The topological polar surface area (TPSA) is 24.9 Å². The fourth-order valence-corrected chi connectivity index (χ4v) is 1.75. The molecule has 0 amide bonds. The summed E-state index contributed by atoms with van der Waals surface area (Å²) < 4.78 is 1.24. The molecule has 0 fully saturated rings. The molecule has 1 heterocycles. The molecular formula is C10H9IN2. The van der Waals surface area contributed by atoms with Gasteiger partial charge in [0.25, 0.3) is 0 Å². The average Bonchev–Trinajstić information content (AvgIpc) is 2.17. The number of hydrogen-bond donors (Lipinski definition) is 1. The first-order valence-corrected chi connectivity index (χ1v) is 5.11. The molecular weight excluding hydrogens is 275 g/mol. The van der Waals surface area contributed by atoms with Gasteiger partial charge in [-0.15, -0.1) is 0 Å². The maximum Gasteiger partial charge on any atom is 0.126 e. The second-order valence-corrected chi connectivity index (χ2v) is 4.03. The summed E-state index contributed by atoms with van der Waals surface area (Å²) in [4.78, 5) is 4.42. The molecule has 0 aliphatic heterocycles. The Balaban J connectivity index is 2.66. The van der Waals surface area contributed by atoms with Crippen LogP contribution in [0.1, 0.15) is 0 Å². The van der Waals surface area contributed by atoms with Crippen LogP contribution >= 0.6 is 22.6 Å². The lowest BCUT2D eigenvalue weighted by Gasteiger charge is -2.01. The van der Waals surface area contributed by atoms with E-state index in [0.717, 1.165) is 11.3 Å². The summed E-state index contributed by atoms with van der Waals surface area (Å²) in [6, 6.07) is 10.3. The molecule has 0 atom stereocenters. The van der Waals surface area contributed by atoms with E-state index in [1.54, 1.807) is 0 Å². The smallest absolute Gasteiger partial charge is 0.126 e. The van der Waals surface area contributed by atoms with Crippen LogP contribution in [0.15, 0.2) is 30.3 Å². The summed E-state index contributed by atoms with van der Waals surface area (Å²) in [5, 5.41) is 4.21. The molecule has 2 aromatic rings. The molecule has 3 heteroatoms. The van der Waals surface area contributed by atoms with Gasteiger partial charge in [-0.3, -0.25) is 0 Å². The van der Waals surface area contributed by atoms with Crippen LogP contribution < -0.4 is 5.32 Å². The minimum atomic E-state index is 0.911. The summed E-state index contributed by atoms with van der Waals surface area (Å²) in [5.41, 5.74) is 1.03. The normalized spacial score (nSPS) is 10.3. The fourth-order valence-electron chi connectivity index (χ4n) is 1.24. The summed E-state index contributed by atoms with van der Waals surface area (Å²) >= 11 is 2.30. The van der Waals surface area contributed by atoms with Gasteiger partial charge in [-0.1, -0.05) is 0 Å². The van der Waals surface area contributed by atoms with Crippen molar-refractivity contribution in [2.45, 2.75) is 0 Å². The molecule has 66 valence electrons. The van der Waals surface area contributed by atoms with E-state index in [-0.39, 0.29) is 0 Å². The number of nitrogens with one attached hydrogen (secondary N) is 1. The third-order valence-electron chi connectivity index (χ3n) is 1.91. The number of benzene rings is 1. The highest BCUT2D eigenvalue weighted by Crippen LogP contribution is 2.17. The predicted octanol–water partition coefficient (Wildman–Crippen LogP) is 2.88. The van der Waals surface area contributed by atoms with Gasteiger partial charge in [-0.05, 0) is 52.9 Å². The van der Waals surface area contributed by atoms with E-state index in [4.69, 9.17) is 0 Å². The molecule has 0 bridgehead atoms. The standard InChI is InChI=1S/C10H9IN2/c1-12-10-5-2-7-6-8(11)3-4-9(7)13-10/h2-6H,1H3,(H,12,13).